The zero-order valence-corrected chi connectivity index (χ0v) is 14.2. The minimum absolute atomic E-state index is 0.255. The lowest BCUT2D eigenvalue weighted by atomic mass is 10.2. The summed E-state index contributed by atoms with van der Waals surface area (Å²) in [5.41, 5.74) is 1.76. The van der Waals surface area contributed by atoms with Gasteiger partial charge in [0.25, 0.3) is 0 Å². The fraction of sp³-hybridized carbons (Fsp3) is 0.211. The quantitative estimate of drug-likeness (QED) is 0.755. The van der Waals surface area contributed by atoms with Crippen LogP contribution >= 0.6 is 0 Å². The van der Waals surface area contributed by atoms with Crippen LogP contribution in [0.3, 0.4) is 0 Å². The van der Waals surface area contributed by atoms with E-state index in [0.29, 0.717) is 6.54 Å². The summed E-state index contributed by atoms with van der Waals surface area (Å²) in [7, 11) is 1.60. The molecule has 0 aliphatic heterocycles. The third-order valence-corrected chi connectivity index (χ3v) is 3.48. The molecule has 0 fully saturated rings. The molecule has 0 saturated carbocycles. The molecule has 0 bridgehead atoms. The molecule has 0 radical (unpaired) electrons. The molecule has 2 rings (SSSR count). The van der Waals surface area contributed by atoms with Crippen molar-refractivity contribution in [2.45, 2.75) is 19.5 Å². The lowest BCUT2D eigenvalue weighted by Crippen LogP contribution is -2.44. The van der Waals surface area contributed by atoms with Gasteiger partial charge in [0.2, 0.25) is 11.8 Å². The van der Waals surface area contributed by atoms with Crippen LogP contribution in [0.15, 0.2) is 54.9 Å². The van der Waals surface area contributed by atoms with Crippen molar-refractivity contribution in [1.29, 1.82) is 0 Å². The molecule has 0 spiro atoms. The molecule has 1 aromatic carbocycles. The molecular weight excluding hydrogens is 318 g/mol. The molecule has 6 heteroatoms. The first-order valence-corrected chi connectivity index (χ1v) is 7.87. The summed E-state index contributed by atoms with van der Waals surface area (Å²) in [5, 5.41) is 5.39. The van der Waals surface area contributed by atoms with Crippen LogP contribution in [0.25, 0.3) is 6.08 Å². The topological polar surface area (TPSA) is 80.3 Å². The van der Waals surface area contributed by atoms with Gasteiger partial charge in [0, 0.05) is 25.0 Å². The molecule has 0 aliphatic carbocycles. The summed E-state index contributed by atoms with van der Waals surface area (Å²) >= 11 is 0. The third-order valence-electron chi connectivity index (χ3n) is 3.48. The zero-order chi connectivity index (χ0) is 18.1. The van der Waals surface area contributed by atoms with Gasteiger partial charge in [0.05, 0.1) is 7.11 Å². The smallest absolute Gasteiger partial charge is 0.244 e. The highest BCUT2D eigenvalue weighted by Gasteiger charge is 2.13. The van der Waals surface area contributed by atoms with E-state index in [1.54, 1.807) is 38.6 Å². The highest BCUT2D eigenvalue weighted by Crippen LogP contribution is 2.12. The lowest BCUT2D eigenvalue weighted by Gasteiger charge is -2.12. The Balaban J connectivity index is 1.80. The van der Waals surface area contributed by atoms with Gasteiger partial charge in [0.15, 0.2) is 0 Å². The molecular formula is C19H21N3O3. The Kier molecular flexibility index (Phi) is 6.71. The Morgan fingerprint density at radius 1 is 1.24 bits per heavy atom. The molecule has 25 heavy (non-hydrogen) atoms. The van der Waals surface area contributed by atoms with Gasteiger partial charge in [-0.15, -0.1) is 0 Å². The fourth-order valence-corrected chi connectivity index (χ4v) is 2.06. The first kappa shape index (κ1) is 18.2. The molecule has 2 aromatic rings. The first-order chi connectivity index (χ1) is 12.1. The average molecular weight is 339 g/mol. The average Bonchev–Trinajstić information content (AvgIpc) is 2.65. The molecule has 1 atom stereocenters. The number of benzene rings is 1. The van der Waals surface area contributed by atoms with Crippen LogP contribution < -0.4 is 15.4 Å². The van der Waals surface area contributed by atoms with E-state index in [4.69, 9.17) is 4.74 Å². The monoisotopic (exact) mass is 339 g/mol. The number of ether oxygens (including phenoxy) is 1. The van der Waals surface area contributed by atoms with Gasteiger partial charge in [-0.3, -0.25) is 14.6 Å². The van der Waals surface area contributed by atoms with E-state index in [2.05, 4.69) is 15.6 Å². The number of carbonyl (C=O) groups excluding carboxylic acids is 2. The molecule has 2 N–H and O–H groups in total. The lowest BCUT2D eigenvalue weighted by molar-refractivity contribution is -0.126. The van der Waals surface area contributed by atoms with E-state index < -0.39 is 6.04 Å². The molecule has 1 heterocycles. The molecule has 0 saturated heterocycles. The van der Waals surface area contributed by atoms with E-state index in [0.717, 1.165) is 16.9 Å². The number of pyridine rings is 1. The highest BCUT2D eigenvalue weighted by molar-refractivity contribution is 5.95. The predicted molar refractivity (Wildman–Crippen MR) is 95.7 cm³/mol. The van der Waals surface area contributed by atoms with E-state index in [9.17, 15) is 9.59 Å². The second-order valence-corrected chi connectivity index (χ2v) is 5.42. The van der Waals surface area contributed by atoms with Crippen molar-refractivity contribution in [3.63, 3.8) is 0 Å². The number of nitrogens with one attached hydrogen (secondary N) is 2. The second kappa shape index (κ2) is 9.22. The fourth-order valence-electron chi connectivity index (χ4n) is 2.06. The predicted octanol–water partition coefficient (Wildman–Crippen LogP) is 1.92. The van der Waals surface area contributed by atoms with Crippen LogP contribution in [-0.2, 0) is 16.1 Å². The van der Waals surface area contributed by atoms with Gasteiger partial charge in [-0.1, -0.05) is 18.2 Å². The molecule has 2 amide bonds. The highest BCUT2D eigenvalue weighted by atomic mass is 16.5. The maximum Gasteiger partial charge on any atom is 0.244 e. The van der Waals surface area contributed by atoms with Gasteiger partial charge in [-0.2, -0.15) is 0 Å². The Bertz CT molecular complexity index is 727. The maximum absolute atomic E-state index is 12.0. The summed E-state index contributed by atoms with van der Waals surface area (Å²) in [5.74, 6) is 0.162. The van der Waals surface area contributed by atoms with E-state index in [1.165, 1.54) is 6.08 Å². The normalized spacial score (nSPS) is 11.8. The largest absolute Gasteiger partial charge is 0.497 e. The van der Waals surface area contributed by atoms with Crippen molar-refractivity contribution in [3.05, 3.63) is 66.0 Å². The second-order valence-electron chi connectivity index (χ2n) is 5.42. The van der Waals surface area contributed by atoms with E-state index >= 15 is 0 Å². The van der Waals surface area contributed by atoms with Crippen molar-refractivity contribution >= 4 is 17.9 Å². The van der Waals surface area contributed by atoms with E-state index in [-0.39, 0.29) is 11.8 Å². The van der Waals surface area contributed by atoms with Crippen molar-refractivity contribution in [2.24, 2.45) is 0 Å². The molecule has 0 aliphatic rings. The molecule has 1 aromatic heterocycles. The van der Waals surface area contributed by atoms with Gasteiger partial charge in [0.1, 0.15) is 11.8 Å². The van der Waals surface area contributed by atoms with Crippen LogP contribution in [0.4, 0.5) is 0 Å². The SMILES string of the molecule is COc1ccc(/C=C/C(=O)NC(C)C(=O)NCc2cccnc2)cc1. The molecule has 130 valence electrons. The van der Waals surface area contributed by atoms with Crippen molar-refractivity contribution in [1.82, 2.24) is 15.6 Å². The van der Waals surface area contributed by atoms with Crippen LogP contribution in [0.5, 0.6) is 5.75 Å². The van der Waals surface area contributed by atoms with Crippen LogP contribution in [0, 0.1) is 0 Å². The number of hydrogen-bond donors (Lipinski definition) is 2. The van der Waals surface area contributed by atoms with E-state index in [1.807, 2.05) is 30.3 Å². The molecule has 6 nitrogen and oxygen atoms in total. The number of carbonyl (C=O) groups is 2. The maximum atomic E-state index is 12.0. The molecule has 1 unspecified atom stereocenters. The van der Waals surface area contributed by atoms with Crippen LogP contribution in [0.1, 0.15) is 18.1 Å². The van der Waals surface area contributed by atoms with Gasteiger partial charge >= 0.3 is 0 Å². The Labute approximate surface area is 146 Å². The standard InChI is InChI=1S/C19H21N3O3/c1-14(19(24)21-13-16-4-3-11-20-12-16)22-18(23)10-7-15-5-8-17(25-2)9-6-15/h3-12,14H,13H2,1-2H3,(H,21,24)(H,22,23)/b10-7+. The van der Waals surface area contributed by atoms with Crippen LogP contribution in [-0.4, -0.2) is 29.9 Å². The summed E-state index contributed by atoms with van der Waals surface area (Å²) in [6.07, 6.45) is 6.42. The number of methoxy groups -OCH3 is 1. The number of rotatable bonds is 7. The first-order valence-electron chi connectivity index (χ1n) is 7.87. The number of hydrogen-bond acceptors (Lipinski definition) is 4. The van der Waals surface area contributed by atoms with Crippen molar-refractivity contribution < 1.29 is 14.3 Å². The third kappa shape index (κ3) is 6.10. The zero-order valence-electron chi connectivity index (χ0n) is 14.2. The minimum atomic E-state index is -0.635. The minimum Gasteiger partial charge on any atom is -0.497 e. The summed E-state index contributed by atoms with van der Waals surface area (Å²) in [6.45, 7) is 2.01. The van der Waals surface area contributed by atoms with Gasteiger partial charge in [-0.05, 0) is 42.3 Å². The van der Waals surface area contributed by atoms with Gasteiger partial charge < -0.3 is 15.4 Å². The number of amides is 2. The van der Waals surface area contributed by atoms with Crippen molar-refractivity contribution in [3.8, 4) is 5.75 Å². The van der Waals surface area contributed by atoms with Crippen molar-refractivity contribution in [2.75, 3.05) is 7.11 Å². The van der Waals surface area contributed by atoms with Gasteiger partial charge in [-0.25, -0.2) is 0 Å². The van der Waals surface area contributed by atoms with Crippen LogP contribution in [0.2, 0.25) is 0 Å². The summed E-state index contributed by atoms with van der Waals surface area (Å²) < 4.78 is 5.08. The summed E-state index contributed by atoms with van der Waals surface area (Å²) in [6, 6.07) is 10.3. The Hall–Kier alpha value is -3.15. The summed E-state index contributed by atoms with van der Waals surface area (Å²) in [4.78, 5) is 27.9. The number of aromatic nitrogens is 1. The Morgan fingerprint density at radius 3 is 2.64 bits per heavy atom. The Morgan fingerprint density at radius 2 is 2.00 bits per heavy atom. The number of nitrogens with zero attached hydrogens (tertiary/aromatic N) is 1.